The third-order valence-electron chi connectivity index (χ3n) is 3.68. The Morgan fingerprint density at radius 2 is 1.72 bits per heavy atom. The fourth-order valence-corrected chi connectivity index (χ4v) is 3.56. The molecule has 2 aromatic carbocycles. The molecular formula is C20H18ClNO2S. The van der Waals surface area contributed by atoms with E-state index in [-0.39, 0.29) is 5.91 Å². The average Bonchev–Trinajstić information content (AvgIpc) is 3.14. The second kappa shape index (κ2) is 8.79. The number of benzene rings is 2. The number of hydrogen-bond donors (Lipinski definition) is 0. The Balaban J connectivity index is 1.69. The monoisotopic (exact) mass is 371 g/mol. The van der Waals surface area contributed by atoms with E-state index in [0.29, 0.717) is 23.9 Å². The maximum Gasteiger partial charge on any atom is 0.233 e. The van der Waals surface area contributed by atoms with Crippen molar-refractivity contribution in [3.8, 4) is 0 Å². The average molecular weight is 372 g/mol. The highest BCUT2D eigenvalue weighted by Gasteiger charge is 2.16. The van der Waals surface area contributed by atoms with Crippen molar-refractivity contribution in [3.05, 3.63) is 89.3 Å². The van der Waals surface area contributed by atoms with Crippen molar-refractivity contribution < 1.29 is 9.21 Å². The number of carbonyl (C=O) groups is 1. The molecule has 1 amide bonds. The SMILES string of the molecule is O=C(CSc1ccccc1Cl)N(Cc1ccccc1)Cc1ccco1. The molecule has 1 heterocycles. The Kier molecular flexibility index (Phi) is 6.20. The number of hydrogen-bond acceptors (Lipinski definition) is 3. The summed E-state index contributed by atoms with van der Waals surface area (Å²) >= 11 is 7.62. The maximum absolute atomic E-state index is 12.8. The minimum atomic E-state index is 0.0465. The van der Waals surface area contributed by atoms with Gasteiger partial charge < -0.3 is 9.32 Å². The van der Waals surface area contributed by atoms with Crippen LogP contribution >= 0.6 is 23.4 Å². The molecule has 0 N–H and O–H groups in total. The Morgan fingerprint density at radius 3 is 2.44 bits per heavy atom. The number of halogens is 1. The molecule has 0 saturated carbocycles. The molecule has 25 heavy (non-hydrogen) atoms. The van der Waals surface area contributed by atoms with E-state index < -0.39 is 0 Å². The lowest BCUT2D eigenvalue weighted by molar-refractivity contribution is -0.129. The van der Waals surface area contributed by atoms with Crippen LogP contribution in [0.1, 0.15) is 11.3 Å². The molecule has 5 heteroatoms. The van der Waals surface area contributed by atoms with Crippen LogP contribution in [0.4, 0.5) is 0 Å². The molecule has 0 bridgehead atoms. The molecule has 1 aromatic heterocycles. The van der Waals surface area contributed by atoms with Crippen LogP contribution in [0, 0.1) is 0 Å². The molecule has 0 saturated heterocycles. The lowest BCUT2D eigenvalue weighted by atomic mass is 10.2. The van der Waals surface area contributed by atoms with E-state index >= 15 is 0 Å². The van der Waals surface area contributed by atoms with E-state index in [4.69, 9.17) is 16.0 Å². The van der Waals surface area contributed by atoms with Crippen molar-refractivity contribution >= 4 is 29.3 Å². The number of furan rings is 1. The Bertz CT molecular complexity index is 806. The predicted molar refractivity (Wildman–Crippen MR) is 102 cm³/mol. The molecule has 0 spiro atoms. The van der Waals surface area contributed by atoms with Gasteiger partial charge in [-0.05, 0) is 29.8 Å². The first-order chi connectivity index (χ1) is 12.2. The van der Waals surface area contributed by atoms with Gasteiger partial charge >= 0.3 is 0 Å². The van der Waals surface area contributed by atoms with Crippen molar-refractivity contribution in [2.24, 2.45) is 0 Å². The fourth-order valence-electron chi connectivity index (χ4n) is 2.42. The molecular weight excluding hydrogens is 354 g/mol. The molecule has 0 unspecified atom stereocenters. The highest BCUT2D eigenvalue weighted by Crippen LogP contribution is 2.27. The van der Waals surface area contributed by atoms with Crippen molar-refractivity contribution in [3.63, 3.8) is 0 Å². The van der Waals surface area contributed by atoms with Crippen molar-refractivity contribution in [2.45, 2.75) is 18.0 Å². The highest BCUT2D eigenvalue weighted by molar-refractivity contribution is 8.00. The summed E-state index contributed by atoms with van der Waals surface area (Å²) in [5.74, 6) is 1.15. The standard InChI is InChI=1S/C20H18ClNO2S/c21-18-10-4-5-11-19(18)25-15-20(23)22(14-17-9-6-12-24-17)13-16-7-2-1-3-8-16/h1-12H,13-15H2. The van der Waals surface area contributed by atoms with Gasteiger partial charge in [0.25, 0.3) is 0 Å². The van der Waals surface area contributed by atoms with E-state index in [0.717, 1.165) is 16.2 Å². The van der Waals surface area contributed by atoms with Crippen LogP contribution in [0.3, 0.4) is 0 Å². The van der Waals surface area contributed by atoms with Gasteiger partial charge in [-0.15, -0.1) is 11.8 Å². The first-order valence-electron chi connectivity index (χ1n) is 7.94. The summed E-state index contributed by atoms with van der Waals surface area (Å²) in [7, 11) is 0. The van der Waals surface area contributed by atoms with E-state index in [1.165, 1.54) is 11.8 Å². The van der Waals surface area contributed by atoms with Crippen LogP contribution in [0.5, 0.6) is 0 Å². The molecule has 128 valence electrons. The van der Waals surface area contributed by atoms with Gasteiger partial charge in [0.2, 0.25) is 5.91 Å². The zero-order chi connectivity index (χ0) is 17.5. The van der Waals surface area contributed by atoms with Crippen LogP contribution in [-0.2, 0) is 17.9 Å². The van der Waals surface area contributed by atoms with Gasteiger partial charge in [-0.3, -0.25) is 4.79 Å². The van der Waals surface area contributed by atoms with Gasteiger partial charge in [-0.25, -0.2) is 0 Å². The third-order valence-corrected chi connectivity index (χ3v) is 5.18. The zero-order valence-corrected chi connectivity index (χ0v) is 15.2. The normalized spacial score (nSPS) is 10.6. The second-order valence-corrected chi connectivity index (χ2v) is 6.96. The summed E-state index contributed by atoms with van der Waals surface area (Å²) in [5.41, 5.74) is 1.09. The summed E-state index contributed by atoms with van der Waals surface area (Å²) < 4.78 is 5.41. The number of rotatable bonds is 7. The molecule has 0 aliphatic carbocycles. The van der Waals surface area contributed by atoms with Gasteiger partial charge in [0, 0.05) is 11.4 Å². The molecule has 3 rings (SSSR count). The Morgan fingerprint density at radius 1 is 0.960 bits per heavy atom. The predicted octanol–water partition coefficient (Wildman–Crippen LogP) is 5.25. The molecule has 3 nitrogen and oxygen atoms in total. The smallest absolute Gasteiger partial charge is 0.233 e. The number of amides is 1. The largest absolute Gasteiger partial charge is 0.467 e. The molecule has 0 atom stereocenters. The number of carbonyl (C=O) groups excluding carboxylic acids is 1. The lowest BCUT2D eigenvalue weighted by Gasteiger charge is -2.22. The topological polar surface area (TPSA) is 33.5 Å². The second-order valence-electron chi connectivity index (χ2n) is 5.53. The maximum atomic E-state index is 12.8. The first-order valence-corrected chi connectivity index (χ1v) is 9.30. The minimum absolute atomic E-state index is 0.0465. The van der Waals surface area contributed by atoms with Gasteiger partial charge in [0.15, 0.2) is 0 Å². The summed E-state index contributed by atoms with van der Waals surface area (Å²) in [6.45, 7) is 0.993. The van der Waals surface area contributed by atoms with Crippen molar-refractivity contribution in [2.75, 3.05) is 5.75 Å². The van der Waals surface area contributed by atoms with Crippen LogP contribution in [-0.4, -0.2) is 16.6 Å². The molecule has 0 radical (unpaired) electrons. The van der Waals surface area contributed by atoms with Gasteiger partial charge in [0.05, 0.1) is 23.6 Å². The molecule has 0 aliphatic rings. The van der Waals surface area contributed by atoms with Gasteiger partial charge in [0.1, 0.15) is 5.76 Å². The van der Waals surface area contributed by atoms with E-state index in [1.807, 2.05) is 66.7 Å². The Hall–Kier alpha value is -2.17. The molecule has 0 fully saturated rings. The zero-order valence-electron chi connectivity index (χ0n) is 13.6. The minimum Gasteiger partial charge on any atom is -0.467 e. The first kappa shape index (κ1) is 17.6. The number of thioether (sulfide) groups is 1. The van der Waals surface area contributed by atoms with Crippen LogP contribution in [0.15, 0.2) is 82.3 Å². The number of nitrogens with zero attached hydrogens (tertiary/aromatic N) is 1. The summed E-state index contributed by atoms with van der Waals surface area (Å²) in [5, 5.41) is 0.668. The van der Waals surface area contributed by atoms with Gasteiger partial charge in [-0.1, -0.05) is 54.1 Å². The summed E-state index contributed by atoms with van der Waals surface area (Å²) in [4.78, 5) is 15.5. The van der Waals surface area contributed by atoms with Crippen LogP contribution < -0.4 is 0 Å². The van der Waals surface area contributed by atoms with E-state index in [1.54, 1.807) is 11.2 Å². The van der Waals surface area contributed by atoms with Crippen molar-refractivity contribution in [1.82, 2.24) is 4.90 Å². The highest BCUT2D eigenvalue weighted by atomic mass is 35.5. The van der Waals surface area contributed by atoms with Gasteiger partial charge in [-0.2, -0.15) is 0 Å². The van der Waals surface area contributed by atoms with Crippen LogP contribution in [0.25, 0.3) is 0 Å². The van der Waals surface area contributed by atoms with Crippen molar-refractivity contribution in [1.29, 1.82) is 0 Å². The quantitative estimate of drug-likeness (QED) is 0.531. The van der Waals surface area contributed by atoms with E-state index in [2.05, 4.69) is 0 Å². The Labute approximate surface area is 156 Å². The summed E-state index contributed by atoms with van der Waals surface area (Å²) in [6, 6.07) is 21.2. The summed E-state index contributed by atoms with van der Waals surface area (Å²) in [6.07, 6.45) is 1.62. The fraction of sp³-hybridized carbons (Fsp3) is 0.150. The third kappa shape index (κ3) is 5.15. The van der Waals surface area contributed by atoms with Crippen LogP contribution in [0.2, 0.25) is 5.02 Å². The van der Waals surface area contributed by atoms with E-state index in [9.17, 15) is 4.79 Å². The molecule has 0 aliphatic heterocycles. The molecule has 3 aromatic rings. The lowest BCUT2D eigenvalue weighted by Crippen LogP contribution is -2.31.